The van der Waals surface area contributed by atoms with Crippen LogP contribution >= 0.6 is 0 Å². The Balaban J connectivity index is 1.81. The van der Waals surface area contributed by atoms with Gasteiger partial charge >= 0.3 is 0 Å². The van der Waals surface area contributed by atoms with Crippen LogP contribution in [0.5, 0.6) is 0 Å². The normalized spacial score (nSPS) is 16.1. The molecule has 2 aromatic rings. The lowest BCUT2D eigenvalue weighted by Crippen LogP contribution is -2.29. The van der Waals surface area contributed by atoms with Gasteiger partial charge < -0.3 is 5.32 Å². The molecule has 1 aliphatic heterocycles. The van der Waals surface area contributed by atoms with Crippen LogP contribution in [0.1, 0.15) is 40.5 Å². The number of rotatable bonds is 3. The summed E-state index contributed by atoms with van der Waals surface area (Å²) in [6.07, 6.45) is 3.60. The fourth-order valence-corrected chi connectivity index (χ4v) is 2.51. The van der Waals surface area contributed by atoms with Crippen molar-refractivity contribution in [2.45, 2.75) is 25.8 Å². The molecule has 110 valence electrons. The Labute approximate surface area is 122 Å². The summed E-state index contributed by atoms with van der Waals surface area (Å²) in [5.41, 5.74) is 1.08. The van der Waals surface area contributed by atoms with Gasteiger partial charge in [0.2, 0.25) is 5.78 Å². The van der Waals surface area contributed by atoms with E-state index in [1.165, 1.54) is 6.07 Å². The number of carbonyl (C=O) groups is 1. The first-order valence-electron chi connectivity index (χ1n) is 7.08. The largest absolute Gasteiger partial charge is 0.317 e. The highest BCUT2D eigenvalue weighted by Crippen LogP contribution is 2.18. The fraction of sp³-hybridized carbons (Fsp3) is 0.400. The number of carbonyl (C=O) groups excluding carboxylic acids is 1. The van der Waals surface area contributed by atoms with Gasteiger partial charge in [0.05, 0.1) is 12.2 Å². The number of hydrogen-bond donors (Lipinski definition) is 1. The number of aromatic nitrogens is 3. The molecule has 0 saturated carbocycles. The number of hydrogen-bond acceptors (Lipinski definition) is 4. The van der Waals surface area contributed by atoms with Crippen molar-refractivity contribution in [3.8, 4) is 0 Å². The minimum Gasteiger partial charge on any atom is -0.317 e. The number of ketones is 1. The molecule has 0 bridgehead atoms. The molecular weight excluding hydrogens is 271 g/mol. The van der Waals surface area contributed by atoms with E-state index in [9.17, 15) is 9.18 Å². The van der Waals surface area contributed by atoms with Gasteiger partial charge in [-0.15, -0.1) is 5.10 Å². The Morgan fingerprint density at radius 3 is 2.86 bits per heavy atom. The van der Waals surface area contributed by atoms with Crippen molar-refractivity contribution in [3.05, 3.63) is 47.0 Å². The third kappa shape index (κ3) is 2.85. The fourth-order valence-electron chi connectivity index (χ4n) is 2.51. The van der Waals surface area contributed by atoms with Gasteiger partial charge in [-0.05, 0) is 44.5 Å². The molecule has 1 saturated heterocycles. The summed E-state index contributed by atoms with van der Waals surface area (Å²) in [5.74, 6) is -0.680. The molecule has 1 N–H and O–H groups in total. The summed E-state index contributed by atoms with van der Waals surface area (Å²) in [6.45, 7) is 3.55. The lowest BCUT2D eigenvalue weighted by molar-refractivity contribution is 0.103. The second-order valence-electron chi connectivity index (χ2n) is 5.36. The molecule has 0 aliphatic carbocycles. The maximum Gasteiger partial charge on any atom is 0.214 e. The Hall–Kier alpha value is -2.08. The van der Waals surface area contributed by atoms with Crippen LogP contribution in [0.15, 0.2) is 24.4 Å². The first-order valence-corrected chi connectivity index (χ1v) is 7.08. The van der Waals surface area contributed by atoms with Crippen LogP contribution in [-0.2, 0) is 0 Å². The minimum atomic E-state index is -0.383. The molecule has 1 aromatic carbocycles. The highest BCUT2D eigenvalue weighted by molar-refractivity contribution is 6.07. The second kappa shape index (κ2) is 5.73. The molecular formula is C15H17FN4O. The van der Waals surface area contributed by atoms with E-state index >= 15 is 0 Å². The highest BCUT2D eigenvalue weighted by Gasteiger charge is 2.19. The topological polar surface area (TPSA) is 59.8 Å². The smallest absolute Gasteiger partial charge is 0.214 e. The predicted molar refractivity (Wildman–Crippen MR) is 75.7 cm³/mol. The molecule has 1 aromatic heterocycles. The summed E-state index contributed by atoms with van der Waals surface area (Å²) in [4.78, 5) is 12.3. The van der Waals surface area contributed by atoms with Crippen LogP contribution in [0, 0.1) is 12.7 Å². The van der Waals surface area contributed by atoms with Crippen LogP contribution in [0.2, 0.25) is 0 Å². The summed E-state index contributed by atoms with van der Waals surface area (Å²) >= 11 is 0. The highest BCUT2D eigenvalue weighted by atomic mass is 19.1. The van der Waals surface area contributed by atoms with Gasteiger partial charge in [0, 0.05) is 5.56 Å². The van der Waals surface area contributed by atoms with E-state index in [1.54, 1.807) is 29.9 Å². The zero-order chi connectivity index (χ0) is 14.8. The third-order valence-electron chi connectivity index (χ3n) is 3.86. The first-order chi connectivity index (χ1) is 10.1. The van der Waals surface area contributed by atoms with Crippen molar-refractivity contribution >= 4 is 5.78 Å². The Morgan fingerprint density at radius 2 is 2.14 bits per heavy atom. The van der Waals surface area contributed by atoms with Crippen LogP contribution in [0.3, 0.4) is 0 Å². The maximum absolute atomic E-state index is 13.6. The first kappa shape index (κ1) is 13.9. The van der Waals surface area contributed by atoms with Crippen molar-refractivity contribution < 1.29 is 9.18 Å². The molecule has 0 atom stereocenters. The summed E-state index contributed by atoms with van der Waals surface area (Å²) in [5, 5.41) is 11.3. The molecule has 1 aliphatic rings. The second-order valence-corrected chi connectivity index (χ2v) is 5.36. The SMILES string of the molecule is Cc1ccc(C(=O)c2cn(C3CCNCC3)nn2)cc1F. The van der Waals surface area contributed by atoms with Gasteiger partial charge in [-0.3, -0.25) is 4.79 Å². The Kier molecular flexibility index (Phi) is 3.79. The Bertz CT molecular complexity index is 661. The van der Waals surface area contributed by atoms with Gasteiger partial charge in [-0.25, -0.2) is 9.07 Å². The van der Waals surface area contributed by atoms with Crippen molar-refractivity contribution in [3.63, 3.8) is 0 Å². The van der Waals surface area contributed by atoms with E-state index in [-0.39, 0.29) is 23.3 Å². The van der Waals surface area contributed by atoms with Gasteiger partial charge in [0.15, 0.2) is 5.69 Å². The summed E-state index contributed by atoms with van der Waals surface area (Å²) < 4.78 is 15.3. The molecule has 0 spiro atoms. The zero-order valence-corrected chi connectivity index (χ0v) is 11.8. The lowest BCUT2D eigenvalue weighted by atomic mass is 10.1. The monoisotopic (exact) mass is 288 g/mol. The van der Waals surface area contributed by atoms with Gasteiger partial charge in [0.25, 0.3) is 0 Å². The van der Waals surface area contributed by atoms with Crippen molar-refractivity contribution in [1.82, 2.24) is 20.3 Å². The van der Waals surface area contributed by atoms with E-state index in [2.05, 4.69) is 15.6 Å². The predicted octanol–water partition coefficient (Wildman–Crippen LogP) is 1.88. The minimum absolute atomic E-state index is 0.261. The molecule has 21 heavy (non-hydrogen) atoms. The van der Waals surface area contributed by atoms with E-state index in [0.29, 0.717) is 11.1 Å². The number of halogens is 1. The molecule has 2 heterocycles. The average molecular weight is 288 g/mol. The molecule has 3 rings (SSSR count). The molecule has 0 amide bonds. The third-order valence-corrected chi connectivity index (χ3v) is 3.86. The van der Waals surface area contributed by atoms with Gasteiger partial charge in [0.1, 0.15) is 5.82 Å². The number of nitrogens with one attached hydrogen (secondary N) is 1. The van der Waals surface area contributed by atoms with E-state index in [1.807, 2.05) is 0 Å². The average Bonchev–Trinajstić information content (AvgIpc) is 3.00. The quantitative estimate of drug-likeness (QED) is 0.876. The Morgan fingerprint density at radius 1 is 1.38 bits per heavy atom. The molecule has 5 nitrogen and oxygen atoms in total. The zero-order valence-electron chi connectivity index (χ0n) is 11.8. The van der Waals surface area contributed by atoms with E-state index in [0.717, 1.165) is 25.9 Å². The molecule has 6 heteroatoms. The van der Waals surface area contributed by atoms with Crippen LogP contribution in [0.25, 0.3) is 0 Å². The summed E-state index contributed by atoms with van der Waals surface area (Å²) in [7, 11) is 0. The number of aryl methyl sites for hydroxylation is 1. The number of piperidine rings is 1. The lowest BCUT2D eigenvalue weighted by Gasteiger charge is -2.22. The van der Waals surface area contributed by atoms with E-state index < -0.39 is 0 Å². The van der Waals surface area contributed by atoms with Gasteiger partial charge in [-0.1, -0.05) is 17.3 Å². The molecule has 0 radical (unpaired) electrons. The van der Waals surface area contributed by atoms with E-state index in [4.69, 9.17) is 0 Å². The van der Waals surface area contributed by atoms with Crippen LogP contribution in [0.4, 0.5) is 4.39 Å². The standard InChI is InChI=1S/C15H17FN4O/c1-10-2-3-11(8-13(10)16)15(21)14-9-20(19-18-14)12-4-6-17-7-5-12/h2-3,8-9,12,17H,4-7H2,1H3. The van der Waals surface area contributed by atoms with Crippen LogP contribution < -0.4 is 5.32 Å². The number of nitrogens with zero attached hydrogens (tertiary/aromatic N) is 3. The molecule has 1 fully saturated rings. The molecule has 0 unspecified atom stereocenters. The van der Waals surface area contributed by atoms with Crippen molar-refractivity contribution in [1.29, 1.82) is 0 Å². The maximum atomic E-state index is 13.6. The summed E-state index contributed by atoms with van der Waals surface area (Å²) in [6, 6.07) is 4.74. The van der Waals surface area contributed by atoms with Crippen molar-refractivity contribution in [2.75, 3.05) is 13.1 Å². The van der Waals surface area contributed by atoms with Gasteiger partial charge in [-0.2, -0.15) is 0 Å². The van der Waals surface area contributed by atoms with Crippen molar-refractivity contribution in [2.24, 2.45) is 0 Å². The van der Waals surface area contributed by atoms with Crippen LogP contribution in [-0.4, -0.2) is 33.9 Å². The number of benzene rings is 1.